The molecule has 0 aliphatic carbocycles. The van der Waals surface area contributed by atoms with Crippen LogP contribution < -0.4 is 10.6 Å². The van der Waals surface area contributed by atoms with E-state index in [0.29, 0.717) is 5.92 Å². The van der Waals surface area contributed by atoms with Gasteiger partial charge in [-0.2, -0.15) is 0 Å². The number of anilines is 1. The Morgan fingerprint density at radius 1 is 1.59 bits per heavy atom. The largest absolute Gasteiger partial charge is 0.383 e. The number of nitrogens with zero attached hydrogens (tertiary/aromatic N) is 3. The second-order valence-corrected chi connectivity index (χ2v) is 4.70. The van der Waals surface area contributed by atoms with E-state index in [1.54, 1.807) is 7.11 Å². The molecule has 0 amide bonds. The van der Waals surface area contributed by atoms with Crippen molar-refractivity contribution < 1.29 is 4.74 Å². The van der Waals surface area contributed by atoms with Crippen molar-refractivity contribution in [2.75, 3.05) is 38.3 Å². The highest BCUT2D eigenvalue weighted by Gasteiger charge is 2.24. The van der Waals surface area contributed by atoms with Gasteiger partial charge < -0.3 is 19.9 Å². The number of nitrogens with two attached hydrogens (primary N) is 1. The highest BCUT2D eigenvalue weighted by Crippen LogP contribution is 2.22. The van der Waals surface area contributed by atoms with Gasteiger partial charge in [-0.05, 0) is 25.8 Å². The molecule has 5 nitrogen and oxygen atoms in total. The van der Waals surface area contributed by atoms with Crippen molar-refractivity contribution >= 4 is 5.95 Å². The summed E-state index contributed by atoms with van der Waals surface area (Å²) >= 11 is 0. The van der Waals surface area contributed by atoms with Gasteiger partial charge in [0.15, 0.2) is 0 Å². The first-order valence-electron chi connectivity index (χ1n) is 6.22. The molecule has 0 bridgehead atoms. The molecular formula is C12H22N4O. The van der Waals surface area contributed by atoms with Crippen LogP contribution in [-0.4, -0.2) is 42.9 Å². The summed E-state index contributed by atoms with van der Waals surface area (Å²) in [6, 6.07) is 0. The molecule has 1 fully saturated rings. The van der Waals surface area contributed by atoms with Gasteiger partial charge in [0, 0.05) is 32.9 Å². The van der Waals surface area contributed by atoms with E-state index in [1.807, 2.05) is 6.92 Å². The van der Waals surface area contributed by atoms with Crippen LogP contribution in [0.15, 0.2) is 6.20 Å². The Hall–Kier alpha value is -1.07. The van der Waals surface area contributed by atoms with Gasteiger partial charge in [-0.15, -0.1) is 0 Å². The topological polar surface area (TPSA) is 56.3 Å². The quantitative estimate of drug-likeness (QED) is 0.817. The molecule has 1 aliphatic heterocycles. The number of ether oxygens (including phenoxy) is 1. The summed E-state index contributed by atoms with van der Waals surface area (Å²) in [5, 5.41) is 0. The molecule has 1 saturated heterocycles. The number of imidazole rings is 1. The van der Waals surface area contributed by atoms with Crippen molar-refractivity contribution in [1.82, 2.24) is 9.55 Å². The standard InChI is InChI=1S/C12H22N4O/c1-10-8-16(5-6-17-2)12(14-10)15-4-3-11(7-13)9-15/h8,11H,3-7,9,13H2,1-2H3. The second kappa shape index (κ2) is 5.51. The third-order valence-electron chi connectivity index (χ3n) is 3.31. The summed E-state index contributed by atoms with van der Waals surface area (Å²) in [5.74, 6) is 1.68. The molecule has 96 valence electrons. The summed E-state index contributed by atoms with van der Waals surface area (Å²) in [4.78, 5) is 6.94. The second-order valence-electron chi connectivity index (χ2n) is 4.70. The molecule has 2 heterocycles. The van der Waals surface area contributed by atoms with E-state index in [2.05, 4.69) is 20.6 Å². The van der Waals surface area contributed by atoms with E-state index in [-0.39, 0.29) is 0 Å². The van der Waals surface area contributed by atoms with Crippen LogP contribution >= 0.6 is 0 Å². The molecule has 1 atom stereocenters. The van der Waals surface area contributed by atoms with Gasteiger partial charge in [-0.1, -0.05) is 0 Å². The van der Waals surface area contributed by atoms with Crippen molar-refractivity contribution in [3.05, 3.63) is 11.9 Å². The normalized spacial score (nSPS) is 20.2. The van der Waals surface area contributed by atoms with E-state index in [9.17, 15) is 0 Å². The van der Waals surface area contributed by atoms with E-state index < -0.39 is 0 Å². The predicted octanol–water partition coefficient (Wildman–Crippen LogP) is 0.623. The van der Waals surface area contributed by atoms with E-state index >= 15 is 0 Å². The lowest BCUT2D eigenvalue weighted by atomic mass is 10.1. The van der Waals surface area contributed by atoms with Crippen molar-refractivity contribution in [3.63, 3.8) is 0 Å². The fourth-order valence-corrected chi connectivity index (χ4v) is 2.35. The zero-order valence-corrected chi connectivity index (χ0v) is 10.7. The Bertz CT molecular complexity index is 363. The monoisotopic (exact) mass is 238 g/mol. The van der Waals surface area contributed by atoms with Crippen LogP contribution in [-0.2, 0) is 11.3 Å². The van der Waals surface area contributed by atoms with Crippen LogP contribution in [0.25, 0.3) is 0 Å². The lowest BCUT2D eigenvalue weighted by Gasteiger charge is -2.18. The average molecular weight is 238 g/mol. The maximum Gasteiger partial charge on any atom is 0.205 e. The molecule has 0 aromatic carbocycles. The number of hydrogen-bond donors (Lipinski definition) is 1. The third-order valence-corrected chi connectivity index (χ3v) is 3.31. The minimum atomic E-state index is 0.614. The molecule has 0 radical (unpaired) electrons. The van der Waals surface area contributed by atoms with Crippen LogP contribution in [0, 0.1) is 12.8 Å². The first-order valence-corrected chi connectivity index (χ1v) is 6.22. The first kappa shape index (κ1) is 12.4. The number of aromatic nitrogens is 2. The third kappa shape index (κ3) is 2.79. The van der Waals surface area contributed by atoms with Gasteiger partial charge in [-0.25, -0.2) is 4.98 Å². The number of aryl methyl sites for hydroxylation is 1. The Kier molecular flexibility index (Phi) is 4.02. The number of rotatable bonds is 5. The van der Waals surface area contributed by atoms with E-state index in [0.717, 1.165) is 44.4 Å². The zero-order valence-electron chi connectivity index (χ0n) is 10.7. The maximum absolute atomic E-state index is 5.72. The Morgan fingerprint density at radius 2 is 2.41 bits per heavy atom. The summed E-state index contributed by atoms with van der Waals surface area (Å²) in [6.07, 6.45) is 3.26. The first-order chi connectivity index (χ1) is 8.24. The van der Waals surface area contributed by atoms with Crippen molar-refractivity contribution in [1.29, 1.82) is 0 Å². The van der Waals surface area contributed by atoms with E-state index in [4.69, 9.17) is 10.5 Å². The minimum absolute atomic E-state index is 0.614. The van der Waals surface area contributed by atoms with Gasteiger partial charge in [0.1, 0.15) is 0 Å². The zero-order chi connectivity index (χ0) is 12.3. The van der Waals surface area contributed by atoms with Gasteiger partial charge >= 0.3 is 0 Å². The van der Waals surface area contributed by atoms with Crippen molar-refractivity contribution in [2.24, 2.45) is 11.7 Å². The predicted molar refractivity (Wildman–Crippen MR) is 68.2 cm³/mol. The van der Waals surface area contributed by atoms with Crippen molar-refractivity contribution in [3.8, 4) is 0 Å². The van der Waals surface area contributed by atoms with Gasteiger partial charge in [0.25, 0.3) is 0 Å². The maximum atomic E-state index is 5.72. The Labute approximate surface area is 103 Å². The number of methoxy groups -OCH3 is 1. The lowest BCUT2D eigenvalue weighted by molar-refractivity contribution is 0.187. The average Bonchev–Trinajstić information content (AvgIpc) is 2.92. The van der Waals surface area contributed by atoms with Crippen LogP contribution in [0.4, 0.5) is 5.95 Å². The molecule has 1 unspecified atom stereocenters. The summed E-state index contributed by atoms with van der Waals surface area (Å²) in [7, 11) is 1.73. The fraction of sp³-hybridized carbons (Fsp3) is 0.750. The van der Waals surface area contributed by atoms with Gasteiger partial charge in [0.05, 0.1) is 12.3 Å². The lowest BCUT2D eigenvalue weighted by Crippen LogP contribution is -2.26. The molecule has 5 heteroatoms. The molecule has 0 spiro atoms. The summed E-state index contributed by atoms with van der Waals surface area (Å²) in [5.41, 5.74) is 6.79. The Morgan fingerprint density at radius 3 is 3.06 bits per heavy atom. The van der Waals surface area contributed by atoms with Crippen LogP contribution in [0.1, 0.15) is 12.1 Å². The Balaban J connectivity index is 2.09. The van der Waals surface area contributed by atoms with Gasteiger partial charge in [-0.3, -0.25) is 0 Å². The van der Waals surface area contributed by atoms with Crippen molar-refractivity contribution in [2.45, 2.75) is 19.9 Å². The van der Waals surface area contributed by atoms with E-state index in [1.165, 1.54) is 6.42 Å². The molecule has 1 aromatic heterocycles. The molecular weight excluding hydrogens is 216 g/mol. The highest BCUT2D eigenvalue weighted by molar-refractivity contribution is 5.35. The molecule has 2 rings (SSSR count). The number of hydrogen-bond acceptors (Lipinski definition) is 4. The molecule has 17 heavy (non-hydrogen) atoms. The van der Waals surface area contributed by atoms with Crippen LogP contribution in [0.5, 0.6) is 0 Å². The smallest absolute Gasteiger partial charge is 0.205 e. The fourth-order valence-electron chi connectivity index (χ4n) is 2.35. The minimum Gasteiger partial charge on any atom is -0.383 e. The molecule has 1 aliphatic rings. The molecule has 0 saturated carbocycles. The van der Waals surface area contributed by atoms with Crippen LogP contribution in [0.2, 0.25) is 0 Å². The summed E-state index contributed by atoms with van der Waals surface area (Å²) < 4.78 is 7.31. The molecule has 1 aromatic rings. The van der Waals surface area contributed by atoms with Crippen LogP contribution in [0.3, 0.4) is 0 Å². The molecule has 2 N–H and O–H groups in total. The summed E-state index contributed by atoms with van der Waals surface area (Å²) in [6.45, 7) is 6.47. The highest BCUT2D eigenvalue weighted by atomic mass is 16.5. The SMILES string of the molecule is COCCn1cc(C)nc1N1CCC(CN)C1. The van der Waals surface area contributed by atoms with Gasteiger partial charge in [0.2, 0.25) is 5.95 Å².